The van der Waals surface area contributed by atoms with Crippen molar-refractivity contribution in [3.05, 3.63) is 54.0 Å². The van der Waals surface area contributed by atoms with E-state index in [0.717, 1.165) is 23.9 Å². The summed E-state index contributed by atoms with van der Waals surface area (Å²) >= 11 is 0. The summed E-state index contributed by atoms with van der Waals surface area (Å²) < 4.78 is 30.5. The molecule has 1 aliphatic heterocycles. The maximum absolute atomic E-state index is 12.7. The Morgan fingerprint density at radius 3 is 2.72 bits per heavy atom. The van der Waals surface area contributed by atoms with Gasteiger partial charge in [-0.1, -0.05) is 18.2 Å². The Morgan fingerprint density at radius 2 is 2.04 bits per heavy atom. The molecule has 6 nitrogen and oxygen atoms in total. The molecule has 1 aliphatic rings. The van der Waals surface area contributed by atoms with Crippen LogP contribution in [0.4, 0.5) is 5.69 Å². The monoisotopic (exact) mass is 362 g/mol. The van der Waals surface area contributed by atoms with E-state index in [1.54, 1.807) is 17.0 Å². The summed E-state index contributed by atoms with van der Waals surface area (Å²) in [5, 5.41) is 0. The molecule has 0 saturated carbocycles. The number of amides is 1. The molecule has 1 aromatic heterocycles. The topological polar surface area (TPSA) is 70.8 Å². The van der Waals surface area contributed by atoms with Crippen LogP contribution in [0.15, 0.2) is 47.1 Å². The van der Waals surface area contributed by atoms with Crippen LogP contribution >= 0.6 is 0 Å². The number of anilines is 1. The molecule has 0 bridgehead atoms. The highest BCUT2D eigenvalue weighted by atomic mass is 32.2. The van der Waals surface area contributed by atoms with E-state index in [0.29, 0.717) is 5.76 Å². The summed E-state index contributed by atoms with van der Waals surface area (Å²) in [5.74, 6) is 0.489. The molecule has 3 rings (SSSR count). The lowest BCUT2D eigenvalue weighted by Gasteiger charge is -2.25. The zero-order valence-electron chi connectivity index (χ0n) is 14.4. The molecule has 25 heavy (non-hydrogen) atoms. The van der Waals surface area contributed by atoms with Crippen LogP contribution in [0.2, 0.25) is 0 Å². The number of fused-ring (bicyclic) bond motifs is 1. The molecule has 1 unspecified atom stereocenters. The van der Waals surface area contributed by atoms with Gasteiger partial charge in [0.1, 0.15) is 5.76 Å². The normalized spacial score (nSPS) is 17.1. The summed E-state index contributed by atoms with van der Waals surface area (Å²) in [7, 11) is -3.43. The van der Waals surface area contributed by atoms with Crippen molar-refractivity contribution in [3.8, 4) is 0 Å². The lowest BCUT2D eigenvalue weighted by atomic mass is 10.1. The summed E-state index contributed by atoms with van der Waals surface area (Å²) in [4.78, 5) is 14.5. The molecule has 1 atom stereocenters. The number of carbonyl (C=O) groups is 1. The van der Waals surface area contributed by atoms with E-state index in [4.69, 9.17) is 4.42 Å². The van der Waals surface area contributed by atoms with Crippen LogP contribution in [0.3, 0.4) is 0 Å². The number of hydrogen-bond acceptors (Lipinski definition) is 4. The van der Waals surface area contributed by atoms with Gasteiger partial charge in [0.15, 0.2) is 0 Å². The minimum absolute atomic E-state index is 0.0643. The number of benzene rings is 1. The molecule has 0 aliphatic carbocycles. The second-order valence-corrected chi connectivity index (χ2v) is 8.35. The Hall–Kier alpha value is -2.12. The smallest absolute Gasteiger partial charge is 0.228 e. The van der Waals surface area contributed by atoms with Gasteiger partial charge in [0.05, 0.1) is 19.1 Å². The average molecular weight is 362 g/mol. The molecule has 0 N–H and O–H groups in total. The highest BCUT2D eigenvalue weighted by Crippen LogP contribution is 2.32. The van der Waals surface area contributed by atoms with Crippen molar-refractivity contribution >= 4 is 21.6 Å². The van der Waals surface area contributed by atoms with Gasteiger partial charge in [-0.05, 0) is 37.1 Å². The van der Waals surface area contributed by atoms with Crippen LogP contribution in [0.5, 0.6) is 0 Å². The van der Waals surface area contributed by atoms with Crippen molar-refractivity contribution in [2.24, 2.45) is 0 Å². The van der Waals surface area contributed by atoms with Crippen LogP contribution in [-0.2, 0) is 27.8 Å². The predicted octanol–water partition coefficient (Wildman–Crippen LogP) is 2.41. The lowest BCUT2D eigenvalue weighted by Crippen LogP contribution is -2.39. The number of sulfonamides is 1. The fourth-order valence-corrected chi connectivity index (χ4v) is 4.01. The molecule has 2 heterocycles. The summed E-state index contributed by atoms with van der Waals surface area (Å²) in [6, 6.07) is 11.4. The number of carbonyl (C=O) groups excluding carboxylic acids is 1. The van der Waals surface area contributed by atoms with Crippen molar-refractivity contribution < 1.29 is 17.6 Å². The van der Waals surface area contributed by atoms with Gasteiger partial charge in [0.2, 0.25) is 15.9 Å². The summed E-state index contributed by atoms with van der Waals surface area (Å²) in [6.45, 7) is 2.27. The third kappa shape index (κ3) is 3.93. The molecule has 0 saturated heterocycles. The molecule has 1 amide bonds. The van der Waals surface area contributed by atoms with E-state index in [9.17, 15) is 13.2 Å². The Balaban J connectivity index is 1.70. The van der Waals surface area contributed by atoms with Gasteiger partial charge in [-0.25, -0.2) is 8.42 Å². The van der Waals surface area contributed by atoms with Gasteiger partial charge in [0.25, 0.3) is 0 Å². The van der Waals surface area contributed by atoms with Gasteiger partial charge < -0.3 is 9.32 Å². The maximum atomic E-state index is 12.7. The third-order valence-electron chi connectivity index (χ3n) is 4.43. The standard InChI is InChI=1S/C18H22N2O4S/c1-14-12-15-6-3-4-8-17(15)20(14)18(21)9-10-19(25(2,22)23)13-16-7-5-11-24-16/h3-8,11,14H,9-10,12-13H2,1-2H3. The second-order valence-electron chi connectivity index (χ2n) is 6.37. The lowest BCUT2D eigenvalue weighted by molar-refractivity contribution is -0.119. The molecule has 134 valence electrons. The molecule has 2 aromatic rings. The second kappa shape index (κ2) is 7.01. The van der Waals surface area contributed by atoms with E-state index >= 15 is 0 Å². The first-order chi connectivity index (χ1) is 11.9. The third-order valence-corrected chi connectivity index (χ3v) is 5.68. The van der Waals surface area contributed by atoms with Gasteiger partial charge >= 0.3 is 0 Å². The van der Waals surface area contributed by atoms with E-state index in [2.05, 4.69) is 0 Å². The summed E-state index contributed by atoms with van der Waals surface area (Å²) in [5.41, 5.74) is 2.08. The van der Waals surface area contributed by atoms with Gasteiger partial charge in [0, 0.05) is 24.7 Å². The maximum Gasteiger partial charge on any atom is 0.228 e. The largest absolute Gasteiger partial charge is 0.468 e. The Morgan fingerprint density at radius 1 is 1.28 bits per heavy atom. The minimum atomic E-state index is -3.43. The summed E-state index contributed by atoms with van der Waals surface area (Å²) in [6.07, 6.45) is 3.61. The van der Waals surface area contributed by atoms with Gasteiger partial charge in [-0.15, -0.1) is 0 Å². The number of para-hydroxylation sites is 1. The van der Waals surface area contributed by atoms with Gasteiger partial charge in [-0.2, -0.15) is 4.31 Å². The fourth-order valence-electron chi connectivity index (χ4n) is 3.22. The zero-order chi connectivity index (χ0) is 18.0. The SMILES string of the molecule is CC1Cc2ccccc2N1C(=O)CCN(Cc1ccco1)S(C)(=O)=O. The molecule has 0 spiro atoms. The van der Waals surface area contributed by atoms with Crippen LogP contribution in [0.1, 0.15) is 24.7 Å². The highest BCUT2D eigenvalue weighted by molar-refractivity contribution is 7.88. The molecular weight excluding hydrogens is 340 g/mol. The fraction of sp³-hybridized carbons (Fsp3) is 0.389. The van der Waals surface area contributed by atoms with Gasteiger partial charge in [-0.3, -0.25) is 4.79 Å². The molecule has 1 aromatic carbocycles. The molecular formula is C18H22N2O4S. The Labute approximate surface area is 148 Å². The first-order valence-electron chi connectivity index (χ1n) is 8.23. The molecule has 0 fully saturated rings. The Kier molecular flexibility index (Phi) is 4.96. The van der Waals surface area contributed by atoms with Crippen LogP contribution < -0.4 is 4.90 Å². The van der Waals surface area contributed by atoms with Crippen molar-refractivity contribution in [1.29, 1.82) is 0 Å². The number of rotatable bonds is 6. The van der Waals surface area contributed by atoms with Crippen molar-refractivity contribution in [1.82, 2.24) is 4.31 Å². The quantitative estimate of drug-likeness (QED) is 0.791. The van der Waals surface area contributed by atoms with E-state index in [1.165, 1.54) is 10.6 Å². The van der Waals surface area contributed by atoms with Crippen molar-refractivity contribution in [3.63, 3.8) is 0 Å². The van der Waals surface area contributed by atoms with E-state index in [1.807, 2.05) is 31.2 Å². The number of hydrogen-bond donors (Lipinski definition) is 0. The van der Waals surface area contributed by atoms with Crippen molar-refractivity contribution in [2.75, 3.05) is 17.7 Å². The van der Waals surface area contributed by atoms with Crippen molar-refractivity contribution in [2.45, 2.75) is 32.4 Å². The van der Waals surface area contributed by atoms with Crippen LogP contribution in [-0.4, -0.2) is 37.5 Å². The van der Waals surface area contributed by atoms with E-state index in [-0.39, 0.29) is 31.5 Å². The van der Waals surface area contributed by atoms with Crippen LogP contribution in [0, 0.1) is 0 Å². The first-order valence-corrected chi connectivity index (χ1v) is 10.1. The first kappa shape index (κ1) is 17.7. The number of furan rings is 1. The molecule has 0 radical (unpaired) electrons. The van der Waals surface area contributed by atoms with Crippen LogP contribution in [0.25, 0.3) is 0 Å². The highest BCUT2D eigenvalue weighted by Gasteiger charge is 2.31. The van der Waals surface area contributed by atoms with E-state index < -0.39 is 10.0 Å². The molecule has 7 heteroatoms. The minimum Gasteiger partial charge on any atom is -0.468 e. The number of nitrogens with zero attached hydrogens (tertiary/aromatic N) is 2. The predicted molar refractivity (Wildman–Crippen MR) is 95.7 cm³/mol. The zero-order valence-corrected chi connectivity index (χ0v) is 15.2. The Bertz CT molecular complexity index is 846. The average Bonchev–Trinajstić information content (AvgIpc) is 3.16.